The maximum Gasteiger partial charge on any atom is 0.338 e. The highest BCUT2D eigenvalue weighted by molar-refractivity contribution is 6.83. The first-order chi connectivity index (χ1) is 36.0. The molecule has 10 atom stereocenters. The lowest BCUT2D eigenvalue weighted by Gasteiger charge is -2.49. The van der Waals surface area contributed by atoms with E-state index in [0.717, 1.165) is 16.7 Å². The summed E-state index contributed by atoms with van der Waals surface area (Å²) in [5.74, 6) is 2.83. The summed E-state index contributed by atoms with van der Waals surface area (Å²) in [6.45, 7) is 6.53. The number of carbonyl (C=O) groups excluding carboxylic acids is 3. The summed E-state index contributed by atoms with van der Waals surface area (Å²) < 4.78 is 60.1. The molecular formula is C61H60O12Si. The highest BCUT2D eigenvalue weighted by Gasteiger charge is 2.55. The number of carbonyl (C=O) groups is 3. The van der Waals surface area contributed by atoms with E-state index in [-0.39, 0.29) is 37.6 Å². The standard InChI is InChI=1S/C61H60O12Si/c1-5-49-51(42-68-58(62)46-30-18-9-19-31-46)70-61(57(72-60(64)48-34-22-11-23-35-48)53(49)71-59(63)47-32-20-10-21-33-47)73-55-52(41-65-38-43-24-12-6-13-25-43)69-50(36-37-74(2,3)4)54(66-39-44-26-14-7-15-27-44)56(55)67-40-45-28-16-8-17-29-45/h1,6-35,49-57,61H,38-42H2,2-4H3/t49-,50+,51-,52-,53+,54+,55-,56-,57-,61+/m1/s1. The number of ether oxygens (including phenoxy) is 9. The fraction of sp³-hybridized carbons (Fsp3) is 0.295. The minimum atomic E-state index is -2.01. The van der Waals surface area contributed by atoms with Gasteiger partial charge in [0.25, 0.3) is 0 Å². The second kappa shape index (κ2) is 26.2. The van der Waals surface area contributed by atoms with E-state index in [4.69, 9.17) is 49.1 Å². The van der Waals surface area contributed by atoms with Crippen LogP contribution in [0.3, 0.4) is 0 Å². The highest BCUT2D eigenvalue weighted by atomic mass is 28.3. The molecule has 0 N–H and O–H groups in total. The molecule has 0 saturated carbocycles. The Bertz CT molecular complexity index is 2810. The Balaban J connectivity index is 1.24. The Morgan fingerprint density at radius 1 is 0.500 bits per heavy atom. The minimum Gasteiger partial charge on any atom is -0.459 e. The van der Waals surface area contributed by atoms with Crippen molar-refractivity contribution >= 4 is 26.0 Å². The van der Waals surface area contributed by atoms with Crippen molar-refractivity contribution in [2.45, 2.75) is 94.6 Å². The quantitative estimate of drug-likeness (QED) is 0.0331. The van der Waals surface area contributed by atoms with Crippen molar-refractivity contribution in [3.8, 4) is 23.8 Å². The first-order valence-electron chi connectivity index (χ1n) is 24.6. The van der Waals surface area contributed by atoms with Crippen molar-refractivity contribution in [3.05, 3.63) is 215 Å². The molecule has 0 spiro atoms. The predicted octanol–water partition coefficient (Wildman–Crippen LogP) is 9.69. The van der Waals surface area contributed by atoms with Crippen molar-refractivity contribution in [1.29, 1.82) is 0 Å². The van der Waals surface area contributed by atoms with Gasteiger partial charge in [0.15, 0.2) is 18.5 Å². The average molecular weight is 1010 g/mol. The van der Waals surface area contributed by atoms with Crippen LogP contribution in [0.2, 0.25) is 19.6 Å². The van der Waals surface area contributed by atoms with Crippen molar-refractivity contribution in [3.63, 3.8) is 0 Å². The molecule has 6 aromatic rings. The van der Waals surface area contributed by atoms with Gasteiger partial charge in [-0.15, -0.1) is 12.0 Å². The Labute approximate surface area is 434 Å². The van der Waals surface area contributed by atoms with Crippen LogP contribution in [0.15, 0.2) is 182 Å². The van der Waals surface area contributed by atoms with Crippen LogP contribution in [0.25, 0.3) is 0 Å². The maximum absolute atomic E-state index is 14.3. The van der Waals surface area contributed by atoms with E-state index in [9.17, 15) is 14.4 Å². The van der Waals surface area contributed by atoms with Crippen LogP contribution in [0.1, 0.15) is 47.8 Å². The SMILES string of the molecule is C#C[C@H]1[C@H](OC(=O)c2ccccc2)[C@@H](OC(=O)c2ccccc2)[C@H](O[C@H]2[C@H](OCc3ccccc3)[C@@H](OCc3ccccc3)[C@H](C#C[Si](C)(C)C)O[C@@H]2COCc2ccccc2)O[C@@H]1COC(=O)c1ccccc1. The van der Waals surface area contributed by atoms with Gasteiger partial charge in [-0.25, -0.2) is 14.4 Å². The summed E-state index contributed by atoms with van der Waals surface area (Å²) in [5, 5.41) is 0. The lowest BCUT2D eigenvalue weighted by Crippen LogP contribution is -2.65. The van der Waals surface area contributed by atoms with Crippen LogP contribution in [-0.2, 0) is 62.5 Å². The Kier molecular flexibility index (Phi) is 18.8. The summed E-state index contributed by atoms with van der Waals surface area (Å²) in [6.07, 6.45) is -4.17. The normalized spacial score (nSPS) is 23.5. The zero-order valence-corrected chi connectivity index (χ0v) is 42.6. The second-order valence-corrected chi connectivity index (χ2v) is 23.7. The molecule has 13 heteroatoms. The largest absolute Gasteiger partial charge is 0.459 e. The Morgan fingerprint density at radius 2 is 0.946 bits per heavy atom. The molecular weight excluding hydrogens is 953 g/mol. The fourth-order valence-electron chi connectivity index (χ4n) is 8.51. The van der Waals surface area contributed by atoms with Crippen molar-refractivity contribution in [2.75, 3.05) is 13.2 Å². The molecule has 2 saturated heterocycles. The third-order valence-corrected chi connectivity index (χ3v) is 13.1. The van der Waals surface area contributed by atoms with Gasteiger partial charge in [-0.3, -0.25) is 0 Å². The van der Waals surface area contributed by atoms with E-state index in [1.54, 1.807) is 91.0 Å². The van der Waals surface area contributed by atoms with Crippen LogP contribution in [0.4, 0.5) is 0 Å². The van der Waals surface area contributed by atoms with E-state index in [1.807, 2.05) is 91.0 Å². The van der Waals surface area contributed by atoms with Crippen LogP contribution in [-0.4, -0.2) is 94.3 Å². The predicted molar refractivity (Wildman–Crippen MR) is 280 cm³/mol. The summed E-state index contributed by atoms with van der Waals surface area (Å²) >= 11 is 0. The van der Waals surface area contributed by atoms with Gasteiger partial charge in [-0.2, -0.15) is 0 Å². The van der Waals surface area contributed by atoms with Gasteiger partial charge >= 0.3 is 17.9 Å². The van der Waals surface area contributed by atoms with E-state index in [0.29, 0.717) is 5.56 Å². The minimum absolute atomic E-state index is 0.0278. The number of esters is 3. The first kappa shape index (κ1) is 53.1. The molecule has 0 aliphatic carbocycles. The number of hydrogen-bond acceptors (Lipinski definition) is 12. The summed E-state index contributed by atoms with van der Waals surface area (Å²) in [4.78, 5) is 42.1. The van der Waals surface area contributed by atoms with E-state index in [2.05, 4.69) is 37.0 Å². The third-order valence-electron chi connectivity index (χ3n) is 12.2. The van der Waals surface area contributed by atoms with Gasteiger partial charge in [-0.1, -0.05) is 177 Å². The molecule has 0 unspecified atom stereocenters. The van der Waals surface area contributed by atoms with Gasteiger partial charge < -0.3 is 42.6 Å². The van der Waals surface area contributed by atoms with Gasteiger partial charge in [0.2, 0.25) is 0 Å². The molecule has 0 amide bonds. The zero-order valence-electron chi connectivity index (χ0n) is 41.6. The first-order valence-corrected chi connectivity index (χ1v) is 28.1. The highest BCUT2D eigenvalue weighted by Crippen LogP contribution is 2.37. The molecule has 12 nitrogen and oxygen atoms in total. The van der Waals surface area contributed by atoms with Crippen molar-refractivity contribution in [2.24, 2.45) is 5.92 Å². The van der Waals surface area contributed by atoms with Crippen molar-refractivity contribution in [1.82, 2.24) is 0 Å². The van der Waals surface area contributed by atoms with Gasteiger partial charge in [-0.05, 0) is 53.1 Å². The number of hydrogen-bond donors (Lipinski definition) is 0. The molecule has 74 heavy (non-hydrogen) atoms. The van der Waals surface area contributed by atoms with Crippen molar-refractivity contribution < 1.29 is 57.0 Å². The summed E-state index contributed by atoms with van der Waals surface area (Å²) in [7, 11) is -2.01. The number of benzene rings is 6. The second-order valence-electron chi connectivity index (χ2n) is 18.9. The van der Waals surface area contributed by atoms with Gasteiger partial charge in [0.05, 0.1) is 49.0 Å². The van der Waals surface area contributed by atoms with E-state index < -0.39 is 93.6 Å². The molecule has 2 aliphatic heterocycles. The van der Waals surface area contributed by atoms with Crippen LogP contribution >= 0.6 is 0 Å². The molecule has 6 aromatic carbocycles. The van der Waals surface area contributed by atoms with Crippen LogP contribution < -0.4 is 0 Å². The maximum atomic E-state index is 14.3. The molecule has 380 valence electrons. The lowest BCUT2D eigenvalue weighted by molar-refractivity contribution is -0.336. The molecule has 8 rings (SSSR count). The third kappa shape index (κ3) is 14.7. The summed E-state index contributed by atoms with van der Waals surface area (Å²) in [5.41, 5.74) is 6.90. The number of terminal acetylenes is 1. The molecule has 2 fully saturated rings. The Hall–Kier alpha value is -7.17. The molecule has 2 heterocycles. The summed E-state index contributed by atoms with van der Waals surface area (Å²) in [6, 6.07) is 54.3. The monoisotopic (exact) mass is 1010 g/mol. The fourth-order valence-corrected chi connectivity index (χ4v) is 9.09. The van der Waals surface area contributed by atoms with E-state index in [1.165, 1.54) is 0 Å². The van der Waals surface area contributed by atoms with Gasteiger partial charge in [0, 0.05) is 0 Å². The molecule has 0 bridgehead atoms. The van der Waals surface area contributed by atoms with Gasteiger partial charge in [0.1, 0.15) is 51.3 Å². The number of rotatable bonds is 19. The van der Waals surface area contributed by atoms with Crippen LogP contribution in [0, 0.1) is 29.7 Å². The lowest BCUT2D eigenvalue weighted by atomic mass is 9.88. The topological polar surface area (TPSA) is 134 Å². The Morgan fingerprint density at radius 3 is 1.43 bits per heavy atom. The van der Waals surface area contributed by atoms with E-state index >= 15 is 0 Å². The molecule has 0 aromatic heterocycles. The molecule has 2 aliphatic rings. The average Bonchev–Trinajstić information content (AvgIpc) is 3.43. The smallest absolute Gasteiger partial charge is 0.338 e. The molecule has 0 radical (unpaired) electrons. The zero-order chi connectivity index (χ0) is 51.7. The van der Waals surface area contributed by atoms with Crippen LogP contribution in [0.5, 0.6) is 0 Å².